The molecular formula is C43H60N6O7. The molecule has 6 N–H and O–H groups in total. The van der Waals surface area contributed by atoms with Crippen molar-refractivity contribution in [2.45, 2.75) is 123 Å². The van der Waals surface area contributed by atoms with Gasteiger partial charge in [0.05, 0.1) is 24.9 Å². The molecule has 13 nitrogen and oxygen atoms in total. The topological polar surface area (TPSA) is 192 Å². The maximum Gasteiger partial charge on any atom is 0.408 e. The minimum absolute atomic E-state index is 0.00215. The van der Waals surface area contributed by atoms with Crippen LogP contribution in [0.3, 0.4) is 0 Å². The van der Waals surface area contributed by atoms with Crippen LogP contribution in [0.25, 0.3) is 0 Å². The number of hydrogen-bond acceptors (Lipinski definition) is 8. The van der Waals surface area contributed by atoms with Gasteiger partial charge in [0.2, 0.25) is 23.6 Å². The van der Waals surface area contributed by atoms with Crippen molar-refractivity contribution in [1.82, 2.24) is 31.2 Å². The van der Waals surface area contributed by atoms with Gasteiger partial charge < -0.3 is 30.8 Å². The van der Waals surface area contributed by atoms with E-state index >= 15 is 0 Å². The van der Waals surface area contributed by atoms with E-state index in [1.54, 1.807) is 20.8 Å². The molecule has 1 heterocycles. The van der Waals surface area contributed by atoms with Crippen molar-refractivity contribution in [2.24, 2.45) is 11.8 Å². The summed E-state index contributed by atoms with van der Waals surface area (Å²) in [6.07, 6.45) is 7.67. The number of aromatic nitrogens is 2. The van der Waals surface area contributed by atoms with Crippen LogP contribution in [0.4, 0.5) is 4.79 Å². The molecule has 0 radical (unpaired) electrons. The number of aryl methyl sites for hydroxylation is 1. The maximum absolute atomic E-state index is 13.9. The molecule has 56 heavy (non-hydrogen) atoms. The van der Waals surface area contributed by atoms with Gasteiger partial charge in [0.25, 0.3) is 0 Å². The lowest BCUT2D eigenvalue weighted by atomic mass is 9.96. The Morgan fingerprint density at radius 2 is 1.41 bits per heavy atom. The van der Waals surface area contributed by atoms with Gasteiger partial charge in [-0.3, -0.25) is 24.5 Å². The van der Waals surface area contributed by atoms with E-state index in [0.717, 1.165) is 18.4 Å². The summed E-state index contributed by atoms with van der Waals surface area (Å²) < 4.78 is 5.41. The lowest BCUT2D eigenvalue weighted by Gasteiger charge is -2.29. The second-order valence-corrected chi connectivity index (χ2v) is 15.8. The van der Waals surface area contributed by atoms with Crippen LogP contribution in [-0.4, -0.2) is 74.6 Å². The van der Waals surface area contributed by atoms with Gasteiger partial charge in [0.15, 0.2) is 0 Å². The normalized spacial score (nSPS) is 14.3. The summed E-state index contributed by atoms with van der Waals surface area (Å²) in [7, 11) is 0. The zero-order chi connectivity index (χ0) is 41.1. The standard InChI is InChI=1S/C43H60N6O7/c1-29(2)22-34(37(50)26-39(52)49-38(51)23-30(3)16-10-7-11-17-31-18-12-8-13-19-31)46-41(54)36(25-33-27-44-28-45-33)47-40(53)35(24-32-20-14-9-15-21-32)48-42(55)56-43(4,5)6/h7-10,12-15,18-21,27-30,34-37,50H,11,16-17,22-26H2,1-6H3,(H,44,45)(H,46,54)(H,47,53)(H,48,55)(H,49,51,52)/b10-7-/t30-,34-,35-,36-,37-/m0/s1. The highest BCUT2D eigenvalue weighted by molar-refractivity contribution is 5.95. The van der Waals surface area contributed by atoms with Crippen molar-refractivity contribution in [3.05, 3.63) is 102 Å². The van der Waals surface area contributed by atoms with Crippen LogP contribution < -0.4 is 21.3 Å². The molecule has 13 heteroatoms. The summed E-state index contributed by atoms with van der Waals surface area (Å²) in [6.45, 7) is 10.9. The molecule has 0 aliphatic carbocycles. The fourth-order valence-electron chi connectivity index (χ4n) is 6.04. The number of alkyl carbamates (subject to hydrolysis) is 1. The van der Waals surface area contributed by atoms with Crippen LogP contribution in [0.1, 0.15) is 90.5 Å². The molecular weight excluding hydrogens is 713 g/mol. The molecule has 3 rings (SSSR count). The average molecular weight is 773 g/mol. The number of H-pyrrole nitrogens is 1. The van der Waals surface area contributed by atoms with Crippen molar-refractivity contribution in [3.8, 4) is 0 Å². The van der Waals surface area contributed by atoms with Gasteiger partial charge >= 0.3 is 6.09 Å². The highest BCUT2D eigenvalue weighted by Gasteiger charge is 2.32. The first-order valence-corrected chi connectivity index (χ1v) is 19.4. The third-order valence-electron chi connectivity index (χ3n) is 8.77. The van der Waals surface area contributed by atoms with Gasteiger partial charge in [-0.1, -0.05) is 93.6 Å². The van der Waals surface area contributed by atoms with Gasteiger partial charge in [0.1, 0.15) is 17.7 Å². The van der Waals surface area contributed by atoms with Gasteiger partial charge in [-0.15, -0.1) is 0 Å². The molecule has 0 saturated carbocycles. The predicted octanol–water partition coefficient (Wildman–Crippen LogP) is 5.10. The summed E-state index contributed by atoms with van der Waals surface area (Å²) >= 11 is 0. The third kappa shape index (κ3) is 17.9. The summed E-state index contributed by atoms with van der Waals surface area (Å²) in [5.41, 5.74) is 1.78. The smallest absolute Gasteiger partial charge is 0.408 e. The van der Waals surface area contributed by atoms with Crippen LogP contribution in [0.5, 0.6) is 0 Å². The van der Waals surface area contributed by atoms with E-state index in [2.05, 4.69) is 55.5 Å². The zero-order valence-electron chi connectivity index (χ0n) is 33.5. The van der Waals surface area contributed by atoms with Crippen molar-refractivity contribution in [3.63, 3.8) is 0 Å². The number of rotatable bonds is 21. The quantitative estimate of drug-likeness (QED) is 0.0806. The van der Waals surface area contributed by atoms with E-state index in [9.17, 15) is 29.1 Å². The first-order valence-electron chi connectivity index (χ1n) is 19.4. The molecule has 5 amide bonds. The molecule has 2 aromatic carbocycles. The minimum Gasteiger partial charge on any atom is -0.444 e. The Hall–Kier alpha value is -5.30. The molecule has 0 aliphatic heterocycles. The van der Waals surface area contributed by atoms with Crippen LogP contribution in [0.15, 0.2) is 85.3 Å². The second kappa shape index (κ2) is 22.9. The van der Waals surface area contributed by atoms with E-state index in [1.165, 1.54) is 18.1 Å². The number of aliphatic hydroxyl groups excluding tert-OH is 1. The number of carbonyl (C=O) groups excluding carboxylic acids is 5. The fraction of sp³-hybridized carbons (Fsp3) is 0.488. The lowest BCUT2D eigenvalue weighted by molar-refractivity contribution is -0.133. The van der Waals surface area contributed by atoms with E-state index in [0.29, 0.717) is 18.5 Å². The number of amides is 5. The summed E-state index contributed by atoms with van der Waals surface area (Å²) in [5.74, 6) is -2.33. The van der Waals surface area contributed by atoms with Crippen molar-refractivity contribution in [2.75, 3.05) is 0 Å². The molecule has 0 fully saturated rings. The minimum atomic E-state index is -1.33. The second-order valence-electron chi connectivity index (χ2n) is 15.8. The number of hydrogen-bond donors (Lipinski definition) is 6. The first-order chi connectivity index (χ1) is 26.6. The highest BCUT2D eigenvalue weighted by atomic mass is 16.6. The number of imide groups is 1. The molecule has 0 unspecified atom stereocenters. The molecule has 0 spiro atoms. The van der Waals surface area contributed by atoms with Gasteiger partial charge in [-0.05, 0) is 69.4 Å². The Bertz CT molecular complexity index is 1690. The van der Waals surface area contributed by atoms with Gasteiger partial charge in [-0.2, -0.15) is 0 Å². The molecule has 0 saturated heterocycles. The van der Waals surface area contributed by atoms with Crippen LogP contribution in [0.2, 0.25) is 0 Å². The summed E-state index contributed by atoms with van der Waals surface area (Å²) in [5, 5.41) is 21.9. The van der Waals surface area contributed by atoms with Crippen LogP contribution >= 0.6 is 0 Å². The fourth-order valence-corrected chi connectivity index (χ4v) is 6.04. The number of benzene rings is 2. The number of nitrogens with one attached hydrogen (secondary N) is 5. The number of carbonyl (C=O) groups is 5. The van der Waals surface area contributed by atoms with Crippen molar-refractivity contribution in [1.29, 1.82) is 0 Å². The van der Waals surface area contributed by atoms with Crippen molar-refractivity contribution < 1.29 is 33.8 Å². The predicted molar refractivity (Wildman–Crippen MR) is 215 cm³/mol. The molecule has 0 bridgehead atoms. The molecule has 5 atom stereocenters. The van der Waals surface area contributed by atoms with E-state index in [1.807, 2.05) is 69.3 Å². The Balaban J connectivity index is 1.63. The van der Waals surface area contributed by atoms with Gasteiger partial charge in [0, 0.05) is 31.2 Å². The van der Waals surface area contributed by atoms with E-state index < -0.39 is 66.0 Å². The van der Waals surface area contributed by atoms with Crippen LogP contribution in [-0.2, 0) is 43.2 Å². The number of ether oxygens (including phenoxy) is 1. The van der Waals surface area contributed by atoms with E-state index in [-0.39, 0.29) is 31.1 Å². The maximum atomic E-state index is 13.9. The monoisotopic (exact) mass is 772 g/mol. The van der Waals surface area contributed by atoms with E-state index in [4.69, 9.17) is 4.74 Å². The number of nitrogens with zero attached hydrogens (tertiary/aromatic N) is 1. The third-order valence-corrected chi connectivity index (χ3v) is 8.77. The Kier molecular flexibility index (Phi) is 18.5. The zero-order valence-corrected chi connectivity index (χ0v) is 33.5. The highest BCUT2D eigenvalue weighted by Crippen LogP contribution is 2.15. The summed E-state index contributed by atoms with van der Waals surface area (Å²) in [6, 6.07) is 16.2. The average Bonchev–Trinajstić information content (AvgIpc) is 3.63. The SMILES string of the molecule is CC(C)C[C@H](NC(=O)[C@H](Cc1cnc[nH]1)NC(=O)[C@H](Cc1ccccc1)NC(=O)OC(C)(C)C)[C@@H](O)CC(=O)NC(=O)C[C@@H](C)C/C=C\CCc1ccccc1. The Labute approximate surface area is 330 Å². The number of aromatic amines is 1. The van der Waals surface area contributed by atoms with Crippen molar-refractivity contribution >= 4 is 29.7 Å². The Morgan fingerprint density at radius 3 is 2.02 bits per heavy atom. The number of allylic oxidation sites excluding steroid dienone is 2. The summed E-state index contributed by atoms with van der Waals surface area (Å²) in [4.78, 5) is 73.1. The molecule has 0 aliphatic rings. The Morgan fingerprint density at radius 1 is 0.804 bits per heavy atom. The van der Waals surface area contributed by atoms with Gasteiger partial charge in [-0.25, -0.2) is 9.78 Å². The number of imidazole rings is 1. The molecule has 304 valence electrons. The lowest BCUT2D eigenvalue weighted by Crippen LogP contribution is -2.57. The molecule has 3 aromatic rings. The first kappa shape index (κ1) is 45.1. The molecule has 1 aromatic heterocycles. The number of aliphatic hydroxyl groups is 1. The van der Waals surface area contributed by atoms with Crippen LogP contribution in [0, 0.1) is 11.8 Å². The largest absolute Gasteiger partial charge is 0.444 e.